The first-order chi connectivity index (χ1) is 38.8. The van der Waals surface area contributed by atoms with Gasteiger partial charge < -0.3 is 77.9 Å². The van der Waals surface area contributed by atoms with E-state index < -0.39 is 133 Å². The predicted octanol–water partition coefficient (Wildman–Crippen LogP) is 5.50. The zero-order valence-corrected chi connectivity index (χ0v) is 50.6. The van der Waals surface area contributed by atoms with Gasteiger partial charge in [-0.1, -0.05) is 62.3 Å². The fourth-order valence-corrected chi connectivity index (χ4v) is 12.3. The Kier molecular flexibility index (Phi) is 23.9. The van der Waals surface area contributed by atoms with Crippen molar-refractivity contribution in [1.29, 1.82) is 0 Å². The monoisotopic (exact) mass is 1160 g/mol. The maximum absolute atomic E-state index is 15.0. The fraction of sp³-hybridized carbons (Fsp3) is 0.746. The molecule has 462 valence electrons. The lowest BCUT2D eigenvalue weighted by atomic mass is 9.73. The second kappa shape index (κ2) is 29.3. The number of oxime groups is 1. The van der Waals surface area contributed by atoms with E-state index in [0.717, 1.165) is 16.7 Å². The number of cyclic esters (lactones) is 1. The third-order valence-corrected chi connectivity index (χ3v) is 17.5. The second-order valence-corrected chi connectivity index (χ2v) is 23.4. The molecule has 5 heterocycles. The van der Waals surface area contributed by atoms with E-state index in [1.807, 2.05) is 76.0 Å². The molecule has 2 aromatic heterocycles. The van der Waals surface area contributed by atoms with Crippen LogP contribution in [-0.2, 0) is 65.3 Å². The molecular weight excluding hydrogens is 1070 g/mol. The highest BCUT2D eigenvalue weighted by Crippen LogP contribution is 2.43. The summed E-state index contributed by atoms with van der Waals surface area (Å²) in [7, 11) is 7.89. The molecule has 5 N–H and O–H groups in total. The van der Waals surface area contributed by atoms with Crippen molar-refractivity contribution >= 4 is 11.7 Å². The van der Waals surface area contributed by atoms with Crippen molar-refractivity contribution < 1.29 is 82.2 Å². The Bertz CT molecular complexity index is 2490. The van der Waals surface area contributed by atoms with Gasteiger partial charge in [-0.15, -0.1) is 5.10 Å². The highest BCUT2D eigenvalue weighted by atomic mass is 19.1. The van der Waals surface area contributed by atoms with E-state index in [-0.39, 0.29) is 32.7 Å². The molecule has 0 radical (unpaired) electrons. The summed E-state index contributed by atoms with van der Waals surface area (Å²) < 4.78 is 73.0. The molecule has 0 saturated carbocycles. The van der Waals surface area contributed by atoms with Crippen molar-refractivity contribution in [3.05, 3.63) is 65.7 Å². The molecule has 3 aliphatic heterocycles. The third kappa shape index (κ3) is 15.3. The number of carbonyl (C=O) groups is 1. The van der Waals surface area contributed by atoms with Crippen LogP contribution in [0.5, 0.6) is 0 Å². The van der Waals surface area contributed by atoms with E-state index in [1.54, 1.807) is 47.0 Å². The van der Waals surface area contributed by atoms with Crippen LogP contribution in [0.4, 0.5) is 4.39 Å². The number of nitrogens with zero attached hydrogens (tertiary/aromatic N) is 6. The Morgan fingerprint density at radius 2 is 1.60 bits per heavy atom. The minimum Gasteiger partial charge on any atom is -0.459 e. The molecule has 0 unspecified atom stereocenters. The van der Waals surface area contributed by atoms with Gasteiger partial charge in [0.2, 0.25) is 6.79 Å². The standard InChI is InChI=1S/C59H93FN6O16/c1-16-46-59(10,72)52(69)35(4)48(63-77-32-73-12)33(2)27-58(9,76-15)54(36(5)50(37(6)55(71)80-46)81-47-28-57(8,75-14)53(70)38(7)79-47)82-56-49(68)44(25-34(3)78-56)65(11)24-22-42-30-66(64-62-42)45(29-60)51(74-13)40-19-17-39(18-20-40)41-21-23-61-43(26-41)31-67/h17-21,23,26,30,33-38,44-47,49-54,56,67-70,72H,16,22,24-25,27-29,31-32H2,1-15H3/b63-48+/t33-,34-,35+,36+,37-,38+,44+,45-,46-,47+,49-,50+,51-,52-,53+,54-,56+,57-,58-,59-/m1/s1. The van der Waals surface area contributed by atoms with Gasteiger partial charge in [0.25, 0.3) is 0 Å². The minimum atomic E-state index is -1.98. The molecule has 0 aliphatic carbocycles. The number of aromatic nitrogens is 4. The fourth-order valence-electron chi connectivity index (χ4n) is 12.3. The average molecular weight is 1160 g/mol. The van der Waals surface area contributed by atoms with Crippen LogP contribution < -0.4 is 0 Å². The van der Waals surface area contributed by atoms with Crippen molar-refractivity contribution in [2.75, 3.05) is 55.5 Å². The third-order valence-electron chi connectivity index (χ3n) is 17.5. The predicted molar refractivity (Wildman–Crippen MR) is 299 cm³/mol. The van der Waals surface area contributed by atoms with Gasteiger partial charge in [-0.3, -0.25) is 9.78 Å². The number of likely N-dealkylation sites (N-methyl/N-ethyl adjacent to an activating group) is 1. The molecule has 22 nitrogen and oxygen atoms in total. The number of benzene rings is 1. The van der Waals surface area contributed by atoms with E-state index in [0.29, 0.717) is 36.5 Å². The summed E-state index contributed by atoms with van der Waals surface area (Å²) >= 11 is 0. The van der Waals surface area contributed by atoms with Crippen LogP contribution in [0.25, 0.3) is 11.1 Å². The van der Waals surface area contributed by atoms with Gasteiger partial charge in [0.15, 0.2) is 12.6 Å². The Hall–Kier alpha value is -4.18. The van der Waals surface area contributed by atoms with E-state index in [9.17, 15) is 30.3 Å². The van der Waals surface area contributed by atoms with E-state index >= 15 is 4.39 Å². The van der Waals surface area contributed by atoms with E-state index in [1.165, 1.54) is 40.0 Å². The largest absolute Gasteiger partial charge is 0.459 e. The van der Waals surface area contributed by atoms with Gasteiger partial charge in [0.1, 0.15) is 42.7 Å². The van der Waals surface area contributed by atoms with Crippen LogP contribution in [0.2, 0.25) is 0 Å². The lowest BCUT2D eigenvalue weighted by Crippen LogP contribution is -2.61. The topological polar surface area (TPSA) is 270 Å². The smallest absolute Gasteiger partial charge is 0.311 e. The van der Waals surface area contributed by atoms with Gasteiger partial charge in [-0.25, -0.2) is 9.07 Å². The van der Waals surface area contributed by atoms with Crippen molar-refractivity contribution in [3.63, 3.8) is 0 Å². The highest BCUT2D eigenvalue weighted by Gasteiger charge is 2.54. The number of pyridine rings is 1. The summed E-state index contributed by atoms with van der Waals surface area (Å²) in [6, 6.07) is 9.90. The zero-order chi connectivity index (χ0) is 60.4. The van der Waals surface area contributed by atoms with Gasteiger partial charge in [0, 0.05) is 84.0 Å². The number of aliphatic hydroxyl groups is 5. The lowest BCUT2D eigenvalue weighted by Gasteiger charge is -2.50. The van der Waals surface area contributed by atoms with Gasteiger partial charge in [0.05, 0.1) is 71.3 Å². The summed E-state index contributed by atoms with van der Waals surface area (Å²) in [6.45, 7) is 16.7. The molecule has 3 aliphatic rings. The quantitative estimate of drug-likeness (QED) is 0.0381. The molecule has 0 amide bonds. The highest BCUT2D eigenvalue weighted by molar-refractivity contribution is 5.88. The number of hydrogen-bond donors (Lipinski definition) is 5. The average Bonchev–Trinajstić information content (AvgIpc) is 3.94. The summed E-state index contributed by atoms with van der Waals surface area (Å²) in [5.74, 6) is -4.03. The molecule has 82 heavy (non-hydrogen) atoms. The summed E-state index contributed by atoms with van der Waals surface area (Å²) in [5.41, 5.74) is -0.375. The first-order valence-corrected chi connectivity index (χ1v) is 28.6. The number of esters is 1. The number of aliphatic hydroxyl groups excluding tert-OH is 4. The number of hydrogen-bond acceptors (Lipinski definition) is 21. The molecule has 3 aromatic rings. The Morgan fingerprint density at radius 3 is 2.22 bits per heavy atom. The van der Waals surface area contributed by atoms with Crippen LogP contribution in [0.3, 0.4) is 0 Å². The maximum Gasteiger partial charge on any atom is 0.311 e. The number of ether oxygens (including phenoxy) is 9. The number of halogens is 1. The van der Waals surface area contributed by atoms with Crippen molar-refractivity contribution in [1.82, 2.24) is 24.9 Å². The SMILES string of the molecule is CC[C@H]1OC(=O)[C@H](C)[C@@H](O[C@H]2C[C@@](C)(OC)[C@@H](O)[C@H](C)O2)[C@H](C)[C@@H](O[C@@H]2O[C@H](C)C[C@H](N(C)CCc3cn([C@H](CF)[C@H](OC)c4ccc(-c5ccnc(CO)c5)cc4)nn3)[C@H]2O)[C@](C)(OC)C[C@@H](C)/C(=N\OCOC)[C@H](C)[C@@H](O)[C@]1(C)O. The summed E-state index contributed by atoms with van der Waals surface area (Å²) in [4.78, 5) is 26.5. The minimum absolute atomic E-state index is 0.0783. The number of alkyl halides is 1. The maximum atomic E-state index is 15.0. The first-order valence-electron chi connectivity index (χ1n) is 28.6. The molecule has 0 spiro atoms. The van der Waals surface area contributed by atoms with Crippen LogP contribution in [0.1, 0.15) is 124 Å². The Morgan fingerprint density at radius 1 is 0.902 bits per heavy atom. The summed E-state index contributed by atoms with van der Waals surface area (Å²) in [6.07, 6.45) is -6.71. The van der Waals surface area contributed by atoms with Crippen molar-refractivity contribution in [2.45, 2.75) is 204 Å². The molecule has 0 bridgehead atoms. The van der Waals surface area contributed by atoms with Gasteiger partial charge in [-0.2, -0.15) is 0 Å². The lowest BCUT2D eigenvalue weighted by molar-refractivity contribution is -0.319. The van der Waals surface area contributed by atoms with E-state index in [2.05, 4.69) is 20.5 Å². The molecule has 23 heteroatoms. The molecule has 6 rings (SSSR count). The van der Waals surface area contributed by atoms with Crippen LogP contribution in [0.15, 0.2) is 53.9 Å². The number of carbonyl (C=O) groups excluding carboxylic acids is 1. The zero-order valence-electron chi connectivity index (χ0n) is 50.6. The molecule has 20 atom stereocenters. The molecule has 3 fully saturated rings. The summed E-state index contributed by atoms with van der Waals surface area (Å²) in [5, 5.41) is 70.7. The molecule has 1 aromatic carbocycles. The van der Waals surface area contributed by atoms with Crippen molar-refractivity contribution in [2.24, 2.45) is 28.8 Å². The molecular formula is C59H93FN6O16. The van der Waals surface area contributed by atoms with Crippen LogP contribution in [0, 0.1) is 23.7 Å². The van der Waals surface area contributed by atoms with Crippen LogP contribution >= 0.6 is 0 Å². The normalized spacial score (nSPS) is 36.6. The van der Waals surface area contributed by atoms with Crippen LogP contribution in [-0.4, -0.2) is 202 Å². The van der Waals surface area contributed by atoms with Gasteiger partial charge >= 0.3 is 5.97 Å². The Labute approximate surface area is 482 Å². The van der Waals surface area contributed by atoms with Crippen molar-refractivity contribution in [3.8, 4) is 11.1 Å². The van der Waals surface area contributed by atoms with Gasteiger partial charge in [-0.05, 0) is 96.7 Å². The Balaban J connectivity index is 1.30. The number of rotatable bonds is 21. The second-order valence-electron chi connectivity index (χ2n) is 23.4. The molecule has 3 saturated heterocycles. The first kappa shape index (κ1) is 67.0. The van der Waals surface area contributed by atoms with E-state index in [4.69, 9.17) is 47.5 Å². The number of methoxy groups -OCH3 is 4.